The molecule has 0 spiro atoms. The molecule has 1 atom stereocenters. The summed E-state index contributed by atoms with van der Waals surface area (Å²) in [5.74, 6) is -0.260. The minimum absolute atomic E-state index is 0.134. The number of aliphatic hydroxyl groups excluding tert-OH is 1. The van der Waals surface area contributed by atoms with Crippen LogP contribution in [0.4, 0.5) is 0 Å². The van der Waals surface area contributed by atoms with E-state index in [4.69, 9.17) is 4.74 Å². The Morgan fingerprint density at radius 3 is 2.42 bits per heavy atom. The third-order valence-corrected chi connectivity index (χ3v) is 5.70. The van der Waals surface area contributed by atoms with Crippen molar-refractivity contribution >= 4 is 17.4 Å². The molecule has 1 saturated heterocycles. The zero-order valence-corrected chi connectivity index (χ0v) is 20.2. The Morgan fingerprint density at radius 1 is 1.12 bits per heavy atom. The summed E-state index contributed by atoms with van der Waals surface area (Å²) in [4.78, 5) is 29.7. The van der Waals surface area contributed by atoms with E-state index in [0.717, 1.165) is 24.1 Å². The maximum atomic E-state index is 13.1. The minimum Gasteiger partial charge on any atom is -0.507 e. The van der Waals surface area contributed by atoms with Gasteiger partial charge < -0.3 is 19.6 Å². The molecule has 0 unspecified atom stereocenters. The number of Topliss-reactive ketones (excluding diaryl/α,β-unsaturated/α-hetero) is 1. The van der Waals surface area contributed by atoms with Crippen molar-refractivity contribution in [2.45, 2.75) is 33.2 Å². The van der Waals surface area contributed by atoms with Crippen molar-refractivity contribution in [1.82, 2.24) is 9.80 Å². The van der Waals surface area contributed by atoms with Crippen molar-refractivity contribution in [1.29, 1.82) is 0 Å². The Hall–Kier alpha value is -3.12. The van der Waals surface area contributed by atoms with Gasteiger partial charge in [-0.1, -0.05) is 44.2 Å². The van der Waals surface area contributed by atoms with Gasteiger partial charge in [-0.15, -0.1) is 0 Å². The zero-order valence-electron chi connectivity index (χ0n) is 20.2. The number of benzene rings is 2. The van der Waals surface area contributed by atoms with Crippen molar-refractivity contribution in [3.05, 3.63) is 70.8 Å². The molecule has 33 heavy (non-hydrogen) atoms. The average Bonchev–Trinajstić information content (AvgIpc) is 3.02. The third kappa shape index (κ3) is 5.63. The summed E-state index contributed by atoms with van der Waals surface area (Å²) in [6, 6.07) is 14.2. The molecule has 1 aliphatic rings. The van der Waals surface area contributed by atoms with Gasteiger partial charge in [-0.05, 0) is 69.2 Å². The molecule has 2 aromatic carbocycles. The maximum absolute atomic E-state index is 13.1. The van der Waals surface area contributed by atoms with Gasteiger partial charge in [0.2, 0.25) is 0 Å². The molecule has 2 aromatic rings. The number of likely N-dealkylation sites (tertiary alicyclic amines) is 1. The number of rotatable bonds is 9. The quantitative estimate of drug-likeness (QED) is 0.348. The summed E-state index contributed by atoms with van der Waals surface area (Å²) in [5, 5.41) is 11.3. The van der Waals surface area contributed by atoms with Crippen LogP contribution < -0.4 is 4.74 Å². The molecular weight excluding hydrogens is 416 g/mol. The van der Waals surface area contributed by atoms with Crippen molar-refractivity contribution in [2.75, 3.05) is 33.8 Å². The summed E-state index contributed by atoms with van der Waals surface area (Å²) in [7, 11) is 3.94. The molecule has 6 nitrogen and oxygen atoms in total. The summed E-state index contributed by atoms with van der Waals surface area (Å²) in [6.45, 7) is 7.84. The first-order valence-corrected chi connectivity index (χ1v) is 11.4. The molecule has 1 aliphatic heterocycles. The Labute approximate surface area is 196 Å². The van der Waals surface area contributed by atoms with Crippen LogP contribution in [0.15, 0.2) is 54.1 Å². The molecule has 0 aromatic heterocycles. The van der Waals surface area contributed by atoms with Crippen LogP contribution in [0.25, 0.3) is 5.76 Å². The van der Waals surface area contributed by atoms with Crippen LogP contribution in [0.2, 0.25) is 0 Å². The molecule has 1 heterocycles. The molecule has 1 amide bonds. The van der Waals surface area contributed by atoms with Gasteiger partial charge in [0.1, 0.15) is 11.5 Å². The number of aliphatic hydroxyl groups is 1. The van der Waals surface area contributed by atoms with Crippen LogP contribution in [-0.2, 0) is 9.59 Å². The number of carbonyl (C=O) groups excluding carboxylic acids is 2. The van der Waals surface area contributed by atoms with Crippen molar-refractivity contribution in [2.24, 2.45) is 5.92 Å². The molecule has 3 rings (SSSR count). The highest BCUT2D eigenvalue weighted by atomic mass is 16.5. The normalized spacial score (nSPS) is 17.9. The average molecular weight is 451 g/mol. The molecule has 1 fully saturated rings. The van der Waals surface area contributed by atoms with Crippen LogP contribution in [0.5, 0.6) is 5.75 Å². The molecule has 1 N–H and O–H groups in total. The Bertz CT molecular complexity index is 1030. The number of carbonyl (C=O) groups is 2. The van der Waals surface area contributed by atoms with Gasteiger partial charge in [0.25, 0.3) is 11.7 Å². The number of aryl methyl sites for hydroxylation is 1. The maximum Gasteiger partial charge on any atom is 0.295 e. The van der Waals surface area contributed by atoms with Crippen LogP contribution in [0.3, 0.4) is 0 Å². The van der Waals surface area contributed by atoms with Gasteiger partial charge in [-0.25, -0.2) is 0 Å². The van der Waals surface area contributed by atoms with E-state index in [9.17, 15) is 14.7 Å². The topological polar surface area (TPSA) is 70.1 Å². The summed E-state index contributed by atoms with van der Waals surface area (Å²) in [5.41, 5.74) is 2.24. The van der Waals surface area contributed by atoms with Gasteiger partial charge >= 0.3 is 0 Å². The standard InChI is InChI=1S/C27H34N2O4/c1-18(2)17-33-21-12-13-22(19(3)16-21)25(30)23-24(20-10-7-6-8-11-20)29(27(32)26(23)31)15-9-14-28(4)5/h6-8,10-13,16,18,24,30H,9,14-15,17H2,1-5H3/b25-23+/t24-/m1/s1. The molecule has 0 saturated carbocycles. The predicted octanol–water partition coefficient (Wildman–Crippen LogP) is 4.40. The Balaban J connectivity index is 2.02. The van der Waals surface area contributed by atoms with E-state index in [1.807, 2.05) is 62.3 Å². The van der Waals surface area contributed by atoms with E-state index < -0.39 is 17.7 Å². The largest absolute Gasteiger partial charge is 0.507 e. The smallest absolute Gasteiger partial charge is 0.295 e. The van der Waals surface area contributed by atoms with E-state index >= 15 is 0 Å². The number of ketones is 1. The van der Waals surface area contributed by atoms with Gasteiger partial charge in [0, 0.05) is 12.1 Å². The van der Waals surface area contributed by atoms with E-state index in [2.05, 4.69) is 13.8 Å². The highest BCUT2D eigenvalue weighted by Gasteiger charge is 2.45. The second kappa shape index (κ2) is 10.7. The van der Waals surface area contributed by atoms with Crippen LogP contribution in [-0.4, -0.2) is 60.4 Å². The molecule has 0 aliphatic carbocycles. The lowest BCUT2D eigenvalue weighted by atomic mass is 9.94. The number of ether oxygens (including phenoxy) is 1. The van der Waals surface area contributed by atoms with E-state index in [0.29, 0.717) is 30.4 Å². The molecule has 176 valence electrons. The first-order chi connectivity index (χ1) is 15.7. The van der Waals surface area contributed by atoms with Crippen LogP contribution >= 0.6 is 0 Å². The molecular formula is C27H34N2O4. The first kappa shape index (κ1) is 24.5. The lowest BCUT2D eigenvalue weighted by molar-refractivity contribution is -0.139. The van der Waals surface area contributed by atoms with E-state index in [1.165, 1.54) is 0 Å². The summed E-state index contributed by atoms with van der Waals surface area (Å²) in [6.07, 6.45) is 0.726. The van der Waals surface area contributed by atoms with Gasteiger partial charge in [0.05, 0.1) is 18.2 Å². The second-order valence-electron chi connectivity index (χ2n) is 9.24. The number of hydrogen-bond acceptors (Lipinski definition) is 5. The highest BCUT2D eigenvalue weighted by molar-refractivity contribution is 6.46. The fourth-order valence-corrected chi connectivity index (χ4v) is 4.05. The van der Waals surface area contributed by atoms with Gasteiger partial charge in [0.15, 0.2) is 0 Å². The number of amides is 1. The Morgan fingerprint density at radius 2 is 1.82 bits per heavy atom. The first-order valence-electron chi connectivity index (χ1n) is 11.4. The monoisotopic (exact) mass is 450 g/mol. The van der Waals surface area contributed by atoms with Crippen molar-refractivity contribution in [3.63, 3.8) is 0 Å². The fraction of sp³-hybridized carbons (Fsp3) is 0.407. The summed E-state index contributed by atoms with van der Waals surface area (Å²) >= 11 is 0. The summed E-state index contributed by atoms with van der Waals surface area (Å²) < 4.78 is 5.79. The molecule has 0 radical (unpaired) electrons. The van der Waals surface area contributed by atoms with E-state index in [-0.39, 0.29) is 11.3 Å². The SMILES string of the molecule is Cc1cc(OCC(C)C)ccc1/C(O)=C1\C(=O)C(=O)N(CCCN(C)C)[C@@H]1c1ccccc1. The van der Waals surface area contributed by atoms with Crippen molar-refractivity contribution < 1.29 is 19.4 Å². The van der Waals surface area contributed by atoms with Gasteiger partial charge in [-0.3, -0.25) is 9.59 Å². The predicted molar refractivity (Wildman–Crippen MR) is 130 cm³/mol. The van der Waals surface area contributed by atoms with Crippen LogP contribution in [0.1, 0.15) is 43.0 Å². The lowest BCUT2D eigenvalue weighted by Crippen LogP contribution is -2.32. The molecule has 6 heteroatoms. The lowest BCUT2D eigenvalue weighted by Gasteiger charge is -2.26. The minimum atomic E-state index is -0.647. The van der Waals surface area contributed by atoms with E-state index in [1.54, 1.807) is 17.0 Å². The third-order valence-electron chi connectivity index (χ3n) is 5.70. The highest BCUT2D eigenvalue weighted by Crippen LogP contribution is 2.40. The Kier molecular flexibility index (Phi) is 7.92. The fourth-order valence-electron chi connectivity index (χ4n) is 4.05. The molecule has 0 bridgehead atoms. The number of hydrogen-bond donors (Lipinski definition) is 1. The van der Waals surface area contributed by atoms with Crippen LogP contribution in [0, 0.1) is 12.8 Å². The van der Waals surface area contributed by atoms with Crippen molar-refractivity contribution in [3.8, 4) is 5.75 Å². The zero-order chi connectivity index (χ0) is 24.1. The second-order valence-corrected chi connectivity index (χ2v) is 9.24. The van der Waals surface area contributed by atoms with Gasteiger partial charge in [-0.2, -0.15) is 0 Å². The number of nitrogens with zero attached hydrogens (tertiary/aromatic N) is 2.